The molecule has 0 bridgehead atoms. The molecule has 0 amide bonds. The van der Waals surface area contributed by atoms with Gasteiger partial charge in [-0.05, 0) is 32.9 Å². The zero-order chi connectivity index (χ0) is 29.9. The van der Waals surface area contributed by atoms with Crippen molar-refractivity contribution in [2.24, 2.45) is 5.92 Å². The molecule has 15 heteroatoms. The van der Waals surface area contributed by atoms with Crippen molar-refractivity contribution in [2.75, 3.05) is 31.3 Å². The van der Waals surface area contributed by atoms with E-state index in [1.807, 2.05) is 0 Å². The number of esters is 1. The highest BCUT2D eigenvalue weighted by atomic mass is 31.2. The van der Waals surface area contributed by atoms with Gasteiger partial charge < -0.3 is 29.7 Å². The summed E-state index contributed by atoms with van der Waals surface area (Å²) in [5.41, 5.74) is 6.75. The van der Waals surface area contributed by atoms with Gasteiger partial charge in [0.25, 0.3) is 0 Å². The van der Waals surface area contributed by atoms with E-state index >= 15 is 0 Å². The van der Waals surface area contributed by atoms with Crippen LogP contribution in [-0.4, -0.2) is 75.7 Å². The molecule has 0 radical (unpaired) electrons. The molecule has 3 heterocycles. The molecule has 0 unspecified atom stereocenters. The molecule has 41 heavy (non-hydrogen) atoms. The molecule has 0 saturated carbocycles. The van der Waals surface area contributed by atoms with Crippen LogP contribution in [0.4, 0.5) is 11.8 Å². The molecule has 1 fully saturated rings. The third kappa shape index (κ3) is 6.78. The second-order valence-electron chi connectivity index (χ2n) is 9.91. The summed E-state index contributed by atoms with van der Waals surface area (Å²) in [7, 11) is -0.615. The van der Waals surface area contributed by atoms with E-state index in [1.54, 1.807) is 67.7 Å². The Morgan fingerprint density at radius 2 is 2.00 bits per heavy atom. The summed E-state index contributed by atoms with van der Waals surface area (Å²) in [4.78, 5) is 27.1. The molecule has 1 aliphatic heterocycles. The first-order valence-electron chi connectivity index (χ1n) is 12.9. The van der Waals surface area contributed by atoms with Crippen LogP contribution in [0, 0.1) is 18.3 Å². The summed E-state index contributed by atoms with van der Waals surface area (Å²) in [6, 6.07) is 7.27. The zero-order valence-electron chi connectivity index (χ0n) is 23.4. The largest absolute Gasteiger partial charge is 0.462 e. The number of fused-ring (bicyclic) bond motifs is 1. The van der Waals surface area contributed by atoms with Crippen LogP contribution in [0.2, 0.25) is 0 Å². The van der Waals surface area contributed by atoms with Crippen molar-refractivity contribution in [2.45, 2.75) is 51.4 Å². The lowest BCUT2D eigenvalue weighted by Gasteiger charge is -2.25. The lowest BCUT2D eigenvalue weighted by molar-refractivity contribution is -0.149. The van der Waals surface area contributed by atoms with Gasteiger partial charge in [0.05, 0.1) is 25.0 Å². The first kappa shape index (κ1) is 30.2. The molecule has 1 saturated heterocycles. The number of nitrogens with two attached hydrogens (primary N) is 1. The number of carbonyl (C=O) groups excluding carboxylic acids is 1. The van der Waals surface area contributed by atoms with Crippen LogP contribution in [-0.2, 0) is 23.4 Å². The number of aliphatic hydroxyl groups is 1. The summed E-state index contributed by atoms with van der Waals surface area (Å²) in [5, 5.41) is 13.7. The number of carbonyl (C=O) groups is 1. The van der Waals surface area contributed by atoms with Crippen molar-refractivity contribution >= 4 is 36.6 Å². The second-order valence-corrected chi connectivity index (χ2v) is 11.6. The number of rotatable bonds is 11. The normalized spacial score (nSPS) is 22.7. The van der Waals surface area contributed by atoms with Crippen molar-refractivity contribution in [1.29, 1.82) is 0 Å². The number of para-hydroxylation sites is 1. The third-order valence-electron chi connectivity index (χ3n) is 6.12. The van der Waals surface area contributed by atoms with Crippen LogP contribution in [0.25, 0.3) is 11.2 Å². The number of hydrogen-bond acceptors (Lipinski definition) is 12. The van der Waals surface area contributed by atoms with Crippen LogP contribution in [0.3, 0.4) is 0 Å². The minimum Gasteiger partial charge on any atom is -0.462 e. The number of ether oxygens (including phenoxy) is 2. The van der Waals surface area contributed by atoms with Gasteiger partial charge in [0.15, 0.2) is 23.2 Å². The van der Waals surface area contributed by atoms with Gasteiger partial charge in [-0.25, -0.2) is 9.55 Å². The number of anilines is 2. The van der Waals surface area contributed by atoms with Crippen LogP contribution in [0.15, 0.2) is 36.7 Å². The van der Waals surface area contributed by atoms with Gasteiger partial charge in [-0.2, -0.15) is 15.1 Å². The third-order valence-corrected chi connectivity index (χ3v) is 7.76. The molecule has 220 valence electrons. The van der Waals surface area contributed by atoms with E-state index in [-0.39, 0.29) is 17.8 Å². The monoisotopic (exact) mass is 587 g/mol. The summed E-state index contributed by atoms with van der Waals surface area (Å²) < 4.78 is 38.1. The Bertz CT molecular complexity index is 1460. The fraction of sp³-hybridized carbons (Fsp3) is 0.462. The molecule has 1 aromatic carbocycles. The number of hydrogen-bond donors (Lipinski definition) is 3. The van der Waals surface area contributed by atoms with Gasteiger partial charge in [-0.3, -0.25) is 13.9 Å². The maximum Gasteiger partial charge on any atom is 0.459 e. The number of nitrogen functional groups attached to an aromatic ring is 1. The van der Waals surface area contributed by atoms with E-state index in [4.69, 9.17) is 30.7 Å². The molecule has 2 aromatic heterocycles. The number of aliphatic hydroxyl groups excluding tert-OH is 1. The quantitative estimate of drug-likeness (QED) is 0.169. The molecule has 4 N–H and O–H groups in total. The van der Waals surface area contributed by atoms with E-state index in [0.29, 0.717) is 17.0 Å². The van der Waals surface area contributed by atoms with Crippen LogP contribution < -0.4 is 20.2 Å². The number of nitrogens with one attached hydrogen (secondary N) is 1. The van der Waals surface area contributed by atoms with E-state index in [0.717, 1.165) is 0 Å². The number of terminal acetylenes is 1. The molecular formula is C26H34N7O7P. The van der Waals surface area contributed by atoms with Crippen molar-refractivity contribution in [3.63, 3.8) is 0 Å². The number of benzene rings is 1. The van der Waals surface area contributed by atoms with Crippen molar-refractivity contribution in [1.82, 2.24) is 24.6 Å². The SMILES string of the molecule is C#C[C@H]1[C@H](O)[C@@H](CO[P@@](=O)(N[C@@H](C)C(=O)OC(C)C)Oc2ccccc2)O[C@H]1n1cnc2c(N(C)C)nc(N)nc21. The lowest BCUT2D eigenvalue weighted by Crippen LogP contribution is -2.37. The maximum absolute atomic E-state index is 13.8. The van der Waals surface area contributed by atoms with Crippen molar-refractivity contribution < 1.29 is 33.0 Å². The zero-order valence-corrected chi connectivity index (χ0v) is 24.3. The van der Waals surface area contributed by atoms with Gasteiger partial charge in [-0.15, -0.1) is 6.42 Å². The minimum absolute atomic E-state index is 0.0221. The van der Waals surface area contributed by atoms with Crippen LogP contribution in [0.5, 0.6) is 5.75 Å². The Labute approximate surface area is 237 Å². The summed E-state index contributed by atoms with van der Waals surface area (Å²) in [6.45, 7) is 4.47. The van der Waals surface area contributed by atoms with Crippen LogP contribution in [0.1, 0.15) is 27.0 Å². The summed E-state index contributed by atoms with van der Waals surface area (Å²) >= 11 is 0. The van der Waals surface area contributed by atoms with E-state index < -0.39 is 50.7 Å². The molecule has 0 spiro atoms. The number of nitrogens with zero attached hydrogens (tertiary/aromatic N) is 5. The average Bonchev–Trinajstić information content (AvgIpc) is 3.46. The van der Waals surface area contributed by atoms with Gasteiger partial charge >= 0.3 is 13.7 Å². The Morgan fingerprint density at radius 3 is 2.63 bits per heavy atom. The predicted octanol–water partition coefficient (Wildman–Crippen LogP) is 2.12. The standard InChI is InChI=1S/C26H34N7O7P/c1-7-18-21(34)19(39-24(18)33-14-28-20-22(32(5)6)29-26(27)30-23(20)33)13-37-41(36,40-17-11-9-8-10-12-17)31-16(4)25(35)38-15(2)3/h1,8-12,14-16,18-19,21,24,34H,13H2,2-6H3,(H,31,36)(H2,27,29,30)/t16-,18-,19+,21-,24+,41-/m0/s1. The number of imidazole rings is 1. The lowest BCUT2D eigenvalue weighted by atomic mass is 10.0. The first-order chi connectivity index (χ1) is 19.4. The Hall–Kier alpha value is -3.73. The van der Waals surface area contributed by atoms with E-state index in [2.05, 4.69) is 26.0 Å². The molecule has 3 aromatic rings. The van der Waals surface area contributed by atoms with Gasteiger partial charge in [0.1, 0.15) is 24.0 Å². The van der Waals surface area contributed by atoms with E-state index in [9.17, 15) is 14.5 Å². The minimum atomic E-state index is -4.20. The van der Waals surface area contributed by atoms with E-state index in [1.165, 1.54) is 13.3 Å². The maximum atomic E-state index is 13.8. The summed E-state index contributed by atoms with van der Waals surface area (Å²) in [6.07, 6.45) is 3.73. The molecule has 6 atom stereocenters. The molecule has 14 nitrogen and oxygen atoms in total. The fourth-order valence-electron chi connectivity index (χ4n) is 4.22. The smallest absolute Gasteiger partial charge is 0.459 e. The highest BCUT2D eigenvalue weighted by Crippen LogP contribution is 2.46. The first-order valence-corrected chi connectivity index (χ1v) is 14.4. The van der Waals surface area contributed by atoms with Crippen molar-refractivity contribution in [3.8, 4) is 18.1 Å². The molecular weight excluding hydrogens is 553 g/mol. The Kier molecular flexibility index (Phi) is 9.16. The Balaban J connectivity index is 1.57. The van der Waals surface area contributed by atoms with Gasteiger partial charge in [-0.1, -0.05) is 24.1 Å². The second kappa shape index (κ2) is 12.4. The summed E-state index contributed by atoms with van der Waals surface area (Å²) in [5.74, 6) is 1.83. The van der Waals surface area contributed by atoms with Gasteiger partial charge in [0.2, 0.25) is 5.95 Å². The topological polar surface area (TPSA) is 176 Å². The van der Waals surface area contributed by atoms with Gasteiger partial charge in [0, 0.05) is 14.1 Å². The van der Waals surface area contributed by atoms with Crippen LogP contribution >= 0.6 is 7.75 Å². The molecule has 1 aliphatic rings. The molecule has 4 rings (SSSR count). The predicted molar refractivity (Wildman–Crippen MR) is 151 cm³/mol. The van der Waals surface area contributed by atoms with Crippen molar-refractivity contribution in [3.05, 3.63) is 36.7 Å². The highest BCUT2D eigenvalue weighted by molar-refractivity contribution is 7.52. The average molecular weight is 588 g/mol. The fourth-order valence-corrected chi connectivity index (χ4v) is 5.73. The Morgan fingerprint density at radius 1 is 1.29 bits per heavy atom. The number of aromatic nitrogens is 4. The molecule has 0 aliphatic carbocycles. The highest BCUT2D eigenvalue weighted by Gasteiger charge is 2.46.